The van der Waals surface area contributed by atoms with Gasteiger partial charge in [0.05, 0.1) is 0 Å². The molecule has 1 atom stereocenters. The average molecular weight is 286 g/mol. The quantitative estimate of drug-likeness (QED) is 0.797. The Morgan fingerprint density at radius 1 is 1.43 bits per heavy atom. The van der Waals surface area contributed by atoms with Crippen molar-refractivity contribution in [1.29, 1.82) is 0 Å². The molecule has 8 nitrogen and oxygen atoms in total. The number of benzene rings is 1. The van der Waals surface area contributed by atoms with E-state index in [1.165, 1.54) is 0 Å². The Labute approximate surface area is 120 Å². The SMILES string of the molecule is CC1C(=O)NCCN1C(=O)c1cccc(-c2nn[nH]n2)c1. The summed E-state index contributed by atoms with van der Waals surface area (Å²) in [6.07, 6.45) is 0. The predicted octanol–water partition coefficient (Wildman–Crippen LogP) is -0.173. The van der Waals surface area contributed by atoms with Gasteiger partial charge in [0.1, 0.15) is 6.04 Å². The zero-order valence-corrected chi connectivity index (χ0v) is 11.4. The van der Waals surface area contributed by atoms with Crippen LogP contribution in [0.5, 0.6) is 0 Å². The molecular weight excluding hydrogens is 272 g/mol. The summed E-state index contributed by atoms with van der Waals surface area (Å²) in [4.78, 5) is 25.8. The smallest absolute Gasteiger partial charge is 0.254 e. The standard InChI is InChI=1S/C13H14N6O2/c1-8-12(20)14-5-6-19(8)13(21)10-4-2-3-9(7-10)11-15-17-18-16-11/h2-4,7-8H,5-6H2,1H3,(H,14,20)(H,15,16,17,18). The predicted molar refractivity (Wildman–Crippen MR) is 73.1 cm³/mol. The Kier molecular flexibility index (Phi) is 3.35. The van der Waals surface area contributed by atoms with Crippen LogP contribution in [0.3, 0.4) is 0 Å². The van der Waals surface area contributed by atoms with E-state index in [2.05, 4.69) is 25.9 Å². The summed E-state index contributed by atoms with van der Waals surface area (Å²) in [6.45, 7) is 2.69. The molecule has 2 amide bonds. The third-order valence-electron chi connectivity index (χ3n) is 3.47. The number of rotatable bonds is 2. The zero-order chi connectivity index (χ0) is 14.8. The molecule has 1 aromatic heterocycles. The molecule has 1 unspecified atom stereocenters. The van der Waals surface area contributed by atoms with Crippen molar-refractivity contribution < 1.29 is 9.59 Å². The fourth-order valence-electron chi connectivity index (χ4n) is 2.30. The molecule has 0 bridgehead atoms. The minimum Gasteiger partial charge on any atom is -0.353 e. The number of carbonyl (C=O) groups is 2. The van der Waals surface area contributed by atoms with Gasteiger partial charge in [0, 0.05) is 24.2 Å². The summed E-state index contributed by atoms with van der Waals surface area (Å²) in [6, 6.07) is 6.50. The number of piperazine rings is 1. The van der Waals surface area contributed by atoms with E-state index in [0.717, 1.165) is 0 Å². The van der Waals surface area contributed by atoms with Crippen molar-refractivity contribution in [3.63, 3.8) is 0 Å². The highest BCUT2D eigenvalue weighted by atomic mass is 16.2. The first-order chi connectivity index (χ1) is 10.2. The van der Waals surface area contributed by atoms with Crippen LogP contribution in [-0.4, -0.2) is 56.5 Å². The first kappa shape index (κ1) is 13.2. The third kappa shape index (κ3) is 2.47. The van der Waals surface area contributed by atoms with Gasteiger partial charge in [0.25, 0.3) is 5.91 Å². The first-order valence-electron chi connectivity index (χ1n) is 6.59. The molecule has 0 spiro atoms. The number of hydrogen-bond acceptors (Lipinski definition) is 5. The van der Waals surface area contributed by atoms with E-state index in [4.69, 9.17) is 0 Å². The van der Waals surface area contributed by atoms with Crippen LogP contribution in [0.15, 0.2) is 24.3 Å². The van der Waals surface area contributed by atoms with E-state index in [-0.39, 0.29) is 11.8 Å². The van der Waals surface area contributed by atoms with Crippen LogP contribution in [0.25, 0.3) is 11.4 Å². The summed E-state index contributed by atoms with van der Waals surface area (Å²) in [7, 11) is 0. The Hall–Kier alpha value is -2.77. The molecular formula is C13H14N6O2. The Bertz CT molecular complexity index is 669. The van der Waals surface area contributed by atoms with Crippen LogP contribution >= 0.6 is 0 Å². The maximum Gasteiger partial charge on any atom is 0.254 e. The van der Waals surface area contributed by atoms with E-state index in [1.807, 2.05) is 0 Å². The second kappa shape index (κ2) is 5.31. The highest BCUT2D eigenvalue weighted by Gasteiger charge is 2.29. The molecule has 1 saturated heterocycles. The molecule has 0 radical (unpaired) electrons. The van der Waals surface area contributed by atoms with Crippen molar-refractivity contribution in [1.82, 2.24) is 30.8 Å². The van der Waals surface area contributed by atoms with Gasteiger partial charge < -0.3 is 10.2 Å². The number of H-pyrrole nitrogens is 1. The number of aromatic nitrogens is 4. The number of amides is 2. The molecule has 0 saturated carbocycles. The highest BCUT2D eigenvalue weighted by molar-refractivity contribution is 5.98. The van der Waals surface area contributed by atoms with Crippen molar-refractivity contribution >= 4 is 11.8 Å². The van der Waals surface area contributed by atoms with Gasteiger partial charge in [0.15, 0.2) is 0 Å². The molecule has 0 aliphatic carbocycles. The molecule has 108 valence electrons. The Morgan fingerprint density at radius 2 is 2.29 bits per heavy atom. The highest BCUT2D eigenvalue weighted by Crippen LogP contribution is 2.17. The first-order valence-corrected chi connectivity index (χ1v) is 6.59. The second-order valence-corrected chi connectivity index (χ2v) is 4.78. The summed E-state index contributed by atoms with van der Waals surface area (Å²) in [5.74, 6) is 0.112. The fourth-order valence-corrected chi connectivity index (χ4v) is 2.30. The van der Waals surface area contributed by atoms with E-state index in [1.54, 1.807) is 36.1 Å². The zero-order valence-electron chi connectivity index (χ0n) is 11.4. The molecule has 1 aliphatic heterocycles. The van der Waals surface area contributed by atoms with Gasteiger partial charge in [-0.15, -0.1) is 10.2 Å². The normalized spacial score (nSPS) is 18.4. The molecule has 2 aromatic rings. The molecule has 1 fully saturated rings. The van der Waals surface area contributed by atoms with Crippen molar-refractivity contribution in [3.05, 3.63) is 29.8 Å². The minimum atomic E-state index is -0.472. The molecule has 8 heteroatoms. The molecule has 2 N–H and O–H groups in total. The van der Waals surface area contributed by atoms with Gasteiger partial charge in [-0.05, 0) is 24.3 Å². The van der Waals surface area contributed by atoms with Gasteiger partial charge in [-0.2, -0.15) is 5.21 Å². The lowest BCUT2D eigenvalue weighted by Gasteiger charge is -2.32. The summed E-state index contributed by atoms with van der Waals surface area (Å²) >= 11 is 0. The lowest BCUT2D eigenvalue weighted by atomic mass is 10.1. The summed E-state index contributed by atoms with van der Waals surface area (Å²) < 4.78 is 0. The topological polar surface area (TPSA) is 104 Å². The van der Waals surface area contributed by atoms with Crippen LogP contribution in [0, 0.1) is 0 Å². The molecule has 1 aromatic carbocycles. The largest absolute Gasteiger partial charge is 0.353 e. The van der Waals surface area contributed by atoms with Gasteiger partial charge in [-0.3, -0.25) is 9.59 Å². The van der Waals surface area contributed by atoms with Gasteiger partial charge in [-0.1, -0.05) is 12.1 Å². The number of nitrogens with zero attached hydrogens (tertiary/aromatic N) is 4. The average Bonchev–Trinajstić information content (AvgIpc) is 3.04. The van der Waals surface area contributed by atoms with Gasteiger partial charge in [-0.25, -0.2) is 0 Å². The van der Waals surface area contributed by atoms with Crippen molar-refractivity contribution in [2.75, 3.05) is 13.1 Å². The molecule has 2 heterocycles. The monoisotopic (exact) mass is 286 g/mol. The van der Waals surface area contributed by atoms with Crippen molar-refractivity contribution in [2.45, 2.75) is 13.0 Å². The van der Waals surface area contributed by atoms with Gasteiger partial charge in [0.2, 0.25) is 11.7 Å². The van der Waals surface area contributed by atoms with E-state index < -0.39 is 6.04 Å². The van der Waals surface area contributed by atoms with Crippen LogP contribution in [0.1, 0.15) is 17.3 Å². The number of hydrogen-bond donors (Lipinski definition) is 2. The summed E-state index contributed by atoms with van der Waals surface area (Å²) in [5, 5.41) is 16.4. The van der Waals surface area contributed by atoms with Crippen LogP contribution in [0.4, 0.5) is 0 Å². The lowest BCUT2D eigenvalue weighted by molar-refractivity contribution is -0.127. The van der Waals surface area contributed by atoms with Crippen molar-refractivity contribution in [3.8, 4) is 11.4 Å². The number of tetrazole rings is 1. The second-order valence-electron chi connectivity index (χ2n) is 4.78. The fraction of sp³-hybridized carbons (Fsp3) is 0.308. The van der Waals surface area contributed by atoms with Crippen LogP contribution in [-0.2, 0) is 4.79 Å². The molecule has 21 heavy (non-hydrogen) atoms. The maximum atomic E-state index is 12.6. The number of nitrogens with one attached hydrogen (secondary N) is 2. The van der Waals surface area contributed by atoms with E-state index in [0.29, 0.717) is 30.0 Å². The third-order valence-corrected chi connectivity index (χ3v) is 3.47. The van der Waals surface area contributed by atoms with E-state index in [9.17, 15) is 9.59 Å². The van der Waals surface area contributed by atoms with Crippen molar-refractivity contribution in [2.24, 2.45) is 0 Å². The Balaban J connectivity index is 1.88. The van der Waals surface area contributed by atoms with Gasteiger partial charge >= 0.3 is 0 Å². The maximum absolute atomic E-state index is 12.6. The number of aromatic amines is 1. The van der Waals surface area contributed by atoms with Crippen LogP contribution < -0.4 is 5.32 Å². The molecule has 3 rings (SSSR count). The lowest BCUT2D eigenvalue weighted by Crippen LogP contribution is -2.55. The Morgan fingerprint density at radius 3 is 3.05 bits per heavy atom. The van der Waals surface area contributed by atoms with E-state index >= 15 is 0 Å². The molecule has 1 aliphatic rings. The van der Waals surface area contributed by atoms with Crippen LogP contribution in [0.2, 0.25) is 0 Å². The minimum absolute atomic E-state index is 0.135. The number of carbonyl (C=O) groups excluding carboxylic acids is 2. The summed E-state index contributed by atoms with van der Waals surface area (Å²) in [5.41, 5.74) is 1.20.